The van der Waals surface area contributed by atoms with Gasteiger partial charge in [0.15, 0.2) is 17.1 Å². The van der Waals surface area contributed by atoms with Crippen molar-refractivity contribution in [3.8, 4) is 22.8 Å². The summed E-state index contributed by atoms with van der Waals surface area (Å²) in [5.41, 5.74) is 2.89. The molecule has 176 valence electrons. The van der Waals surface area contributed by atoms with E-state index in [-0.39, 0.29) is 16.9 Å². The van der Waals surface area contributed by atoms with E-state index in [1.54, 1.807) is 20.3 Å². The minimum Gasteiger partial charge on any atom is -0.493 e. The fourth-order valence-electron chi connectivity index (χ4n) is 3.63. The molecule has 2 heterocycles. The van der Waals surface area contributed by atoms with E-state index in [1.165, 1.54) is 12.3 Å². The van der Waals surface area contributed by atoms with Crippen LogP contribution in [0.4, 0.5) is 8.78 Å². The number of alkyl halides is 2. The van der Waals surface area contributed by atoms with Gasteiger partial charge >= 0.3 is 0 Å². The van der Waals surface area contributed by atoms with E-state index >= 15 is 0 Å². The molecule has 1 amide bonds. The number of ether oxygens (including phenoxy) is 2. The van der Waals surface area contributed by atoms with Gasteiger partial charge in [0.05, 0.1) is 26.1 Å². The molecule has 0 fully saturated rings. The second-order valence-electron chi connectivity index (χ2n) is 7.72. The summed E-state index contributed by atoms with van der Waals surface area (Å²) in [6.45, 7) is 2.26. The molecule has 2 aromatic carbocycles. The average molecular weight is 466 g/mol. The van der Waals surface area contributed by atoms with Crippen LogP contribution in [0.25, 0.3) is 16.9 Å². The molecule has 0 saturated heterocycles. The number of nitrogens with one attached hydrogen (secondary N) is 1. The largest absolute Gasteiger partial charge is 0.493 e. The molecular weight excluding hydrogens is 442 g/mol. The Hall–Kier alpha value is -4.01. The third-order valence-electron chi connectivity index (χ3n) is 5.46. The molecule has 7 nitrogen and oxygen atoms in total. The van der Waals surface area contributed by atoms with Crippen LogP contribution in [0.1, 0.15) is 33.6 Å². The van der Waals surface area contributed by atoms with Crippen molar-refractivity contribution in [3.05, 3.63) is 77.1 Å². The molecule has 34 heavy (non-hydrogen) atoms. The van der Waals surface area contributed by atoms with E-state index in [2.05, 4.69) is 15.4 Å². The van der Waals surface area contributed by atoms with Crippen molar-refractivity contribution in [2.75, 3.05) is 20.8 Å². The van der Waals surface area contributed by atoms with Gasteiger partial charge < -0.3 is 14.8 Å². The van der Waals surface area contributed by atoms with Crippen molar-refractivity contribution in [2.45, 2.75) is 19.8 Å². The van der Waals surface area contributed by atoms with Gasteiger partial charge in [-0.3, -0.25) is 4.79 Å². The molecule has 0 spiro atoms. The number of halogens is 2. The highest BCUT2D eigenvalue weighted by atomic mass is 19.3. The minimum absolute atomic E-state index is 0.0805. The van der Waals surface area contributed by atoms with Crippen molar-refractivity contribution in [1.29, 1.82) is 0 Å². The maximum Gasteiger partial charge on any atom is 0.280 e. The first-order valence-electron chi connectivity index (χ1n) is 10.6. The molecule has 0 aliphatic carbocycles. The van der Waals surface area contributed by atoms with Gasteiger partial charge in [-0.1, -0.05) is 35.9 Å². The normalized spacial score (nSPS) is 11.1. The molecule has 0 saturated carbocycles. The molecule has 0 radical (unpaired) electrons. The van der Waals surface area contributed by atoms with Crippen LogP contribution in [0.15, 0.2) is 54.7 Å². The first-order valence-corrected chi connectivity index (χ1v) is 10.6. The summed E-state index contributed by atoms with van der Waals surface area (Å²) < 4.78 is 39.1. The molecule has 0 atom stereocenters. The van der Waals surface area contributed by atoms with Gasteiger partial charge in [0.2, 0.25) is 0 Å². The lowest BCUT2D eigenvalue weighted by molar-refractivity contribution is 0.0955. The van der Waals surface area contributed by atoms with Crippen molar-refractivity contribution >= 4 is 11.6 Å². The van der Waals surface area contributed by atoms with E-state index in [0.29, 0.717) is 35.7 Å². The molecule has 0 unspecified atom stereocenters. The Kier molecular flexibility index (Phi) is 6.72. The first kappa shape index (κ1) is 23.2. The molecule has 4 rings (SSSR count). The molecular formula is C25H24F2N4O3. The van der Waals surface area contributed by atoms with Gasteiger partial charge in [0, 0.05) is 12.1 Å². The Bertz CT molecular complexity index is 1320. The number of methoxy groups -OCH3 is 2. The monoisotopic (exact) mass is 466 g/mol. The topological polar surface area (TPSA) is 77.8 Å². The van der Waals surface area contributed by atoms with Crippen LogP contribution in [0.3, 0.4) is 0 Å². The van der Waals surface area contributed by atoms with Gasteiger partial charge in [0.1, 0.15) is 11.3 Å². The molecule has 2 aromatic heterocycles. The fourth-order valence-corrected chi connectivity index (χ4v) is 3.63. The summed E-state index contributed by atoms with van der Waals surface area (Å²) in [7, 11) is 3.12. The van der Waals surface area contributed by atoms with Crippen LogP contribution in [0.5, 0.6) is 11.5 Å². The van der Waals surface area contributed by atoms with Crippen LogP contribution < -0.4 is 14.8 Å². The van der Waals surface area contributed by atoms with Crippen molar-refractivity contribution in [1.82, 2.24) is 19.9 Å². The standard InChI is InChI=1S/C25H24F2N4O3/c1-15-4-7-17(8-5-15)19-13-20(23(26)27)31-24(30-19)18(14-29-31)25(32)28-11-10-16-6-9-21(33-2)22(12-16)34-3/h4-9,12-14,23H,10-11H2,1-3H3,(H,28,32). The summed E-state index contributed by atoms with van der Waals surface area (Å²) in [4.78, 5) is 17.4. The quantitative estimate of drug-likeness (QED) is 0.410. The Balaban J connectivity index is 1.57. The van der Waals surface area contributed by atoms with Crippen LogP contribution in [-0.2, 0) is 6.42 Å². The number of hydrogen-bond acceptors (Lipinski definition) is 5. The molecule has 0 aliphatic rings. The number of aromatic nitrogens is 3. The van der Waals surface area contributed by atoms with Crippen molar-refractivity contribution < 1.29 is 23.0 Å². The highest BCUT2D eigenvalue weighted by Crippen LogP contribution is 2.28. The number of fused-ring (bicyclic) bond motifs is 1. The van der Waals surface area contributed by atoms with Gasteiger partial charge in [-0.15, -0.1) is 0 Å². The zero-order valence-corrected chi connectivity index (χ0v) is 19.0. The minimum atomic E-state index is -2.78. The number of carbonyl (C=O) groups is 1. The zero-order valence-electron chi connectivity index (χ0n) is 19.0. The third kappa shape index (κ3) is 4.68. The summed E-state index contributed by atoms with van der Waals surface area (Å²) in [5, 5.41) is 6.82. The molecule has 0 aliphatic heterocycles. The van der Waals surface area contributed by atoms with Gasteiger partial charge in [-0.25, -0.2) is 18.3 Å². The number of nitrogens with zero attached hydrogens (tertiary/aromatic N) is 3. The Labute approximate surface area is 195 Å². The molecule has 4 aromatic rings. The lowest BCUT2D eigenvalue weighted by Gasteiger charge is -2.10. The second-order valence-corrected chi connectivity index (χ2v) is 7.72. The second kappa shape index (κ2) is 9.86. The van der Waals surface area contributed by atoms with Gasteiger partial charge in [0.25, 0.3) is 12.3 Å². The maximum absolute atomic E-state index is 13.8. The number of benzene rings is 2. The average Bonchev–Trinajstić information content (AvgIpc) is 3.27. The van der Waals surface area contributed by atoms with Crippen LogP contribution >= 0.6 is 0 Å². The summed E-state index contributed by atoms with van der Waals surface area (Å²) >= 11 is 0. The number of carbonyl (C=O) groups excluding carboxylic acids is 1. The van der Waals surface area contributed by atoms with Crippen LogP contribution in [0.2, 0.25) is 0 Å². The number of aryl methyl sites for hydroxylation is 1. The molecule has 0 bridgehead atoms. The zero-order chi connectivity index (χ0) is 24.2. The molecule has 1 N–H and O–H groups in total. The van der Waals surface area contributed by atoms with E-state index in [9.17, 15) is 13.6 Å². The summed E-state index contributed by atoms with van der Waals surface area (Å²) in [6.07, 6.45) is -0.982. The van der Waals surface area contributed by atoms with Crippen LogP contribution in [0, 0.1) is 6.92 Å². The lowest BCUT2D eigenvalue weighted by Crippen LogP contribution is -2.25. The summed E-state index contributed by atoms with van der Waals surface area (Å²) in [5.74, 6) is 0.775. The van der Waals surface area contributed by atoms with E-state index < -0.39 is 12.3 Å². The number of amides is 1. The van der Waals surface area contributed by atoms with E-state index in [0.717, 1.165) is 15.6 Å². The number of rotatable bonds is 8. The lowest BCUT2D eigenvalue weighted by atomic mass is 10.1. The smallest absolute Gasteiger partial charge is 0.280 e. The Morgan fingerprint density at radius 3 is 2.47 bits per heavy atom. The van der Waals surface area contributed by atoms with Gasteiger partial charge in [-0.05, 0) is 37.1 Å². The van der Waals surface area contributed by atoms with Crippen molar-refractivity contribution in [3.63, 3.8) is 0 Å². The van der Waals surface area contributed by atoms with Crippen molar-refractivity contribution in [2.24, 2.45) is 0 Å². The predicted octanol–water partition coefficient (Wildman–Crippen LogP) is 4.63. The SMILES string of the molecule is COc1ccc(CCNC(=O)c2cnn3c(C(F)F)cc(-c4ccc(C)cc4)nc23)cc1OC. The fraction of sp³-hybridized carbons (Fsp3) is 0.240. The van der Waals surface area contributed by atoms with Crippen LogP contribution in [-0.4, -0.2) is 41.3 Å². The highest BCUT2D eigenvalue weighted by molar-refractivity contribution is 5.99. The molecule has 9 heteroatoms. The predicted molar refractivity (Wildman–Crippen MR) is 124 cm³/mol. The highest BCUT2D eigenvalue weighted by Gasteiger charge is 2.21. The maximum atomic E-state index is 13.8. The first-order chi connectivity index (χ1) is 16.4. The van der Waals surface area contributed by atoms with Gasteiger partial charge in [-0.2, -0.15) is 5.10 Å². The Morgan fingerprint density at radius 1 is 1.06 bits per heavy atom. The number of hydrogen-bond donors (Lipinski definition) is 1. The Morgan fingerprint density at radius 2 is 1.79 bits per heavy atom. The van der Waals surface area contributed by atoms with E-state index in [4.69, 9.17) is 9.47 Å². The van der Waals surface area contributed by atoms with E-state index in [1.807, 2.05) is 43.3 Å². The third-order valence-corrected chi connectivity index (χ3v) is 5.46. The summed E-state index contributed by atoms with van der Waals surface area (Å²) in [6, 6.07) is 14.2.